The van der Waals surface area contributed by atoms with E-state index < -0.39 is 41.6 Å². The summed E-state index contributed by atoms with van der Waals surface area (Å²) in [5.41, 5.74) is -4.78. The number of halogens is 3. The number of ether oxygens (including phenoxy) is 1. The van der Waals surface area contributed by atoms with Crippen LogP contribution in [0, 0.1) is 0 Å². The van der Waals surface area contributed by atoms with Gasteiger partial charge in [-0.05, 0) is 0 Å². The van der Waals surface area contributed by atoms with Crippen LogP contribution in [0.25, 0.3) is 0 Å². The van der Waals surface area contributed by atoms with Crippen LogP contribution in [-0.2, 0) is 24.8 Å². The van der Waals surface area contributed by atoms with E-state index >= 15 is 0 Å². The Labute approximate surface area is 114 Å². The maximum Gasteiger partial charge on any atom is 0.497 e. The molecule has 110 valence electrons. The fourth-order valence-corrected chi connectivity index (χ4v) is 1.40. The van der Waals surface area contributed by atoms with Crippen LogP contribution in [0.1, 0.15) is 10.4 Å². The molecule has 20 heavy (non-hydrogen) atoms. The molecule has 1 unspecified atom stereocenters. The number of esters is 1. The predicted molar refractivity (Wildman–Crippen MR) is 61.9 cm³/mol. The van der Waals surface area contributed by atoms with Gasteiger partial charge in [-0.1, -0.05) is 30.3 Å². The van der Waals surface area contributed by atoms with Crippen LogP contribution in [0.3, 0.4) is 0 Å². The van der Waals surface area contributed by atoms with Crippen molar-refractivity contribution in [2.24, 2.45) is 0 Å². The van der Waals surface area contributed by atoms with Crippen molar-refractivity contribution < 1.29 is 35.9 Å². The minimum atomic E-state index is -5.07. The number of alkyl halides is 3. The third-order valence-electron chi connectivity index (χ3n) is 1.93. The predicted octanol–water partition coefficient (Wildman–Crippen LogP) is 1.61. The zero-order chi connectivity index (χ0) is 15.2. The number of carbonyl (C=O) groups is 2. The lowest BCUT2D eigenvalue weighted by Gasteiger charge is -2.06. The Morgan fingerprint density at radius 1 is 1.10 bits per heavy atom. The van der Waals surface area contributed by atoms with Crippen molar-refractivity contribution >= 4 is 22.8 Å². The molecule has 0 aliphatic carbocycles. The zero-order valence-electron chi connectivity index (χ0n) is 9.88. The summed E-state index contributed by atoms with van der Waals surface area (Å²) in [5, 5.41) is 0. The lowest BCUT2D eigenvalue weighted by atomic mass is 10.1. The van der Waals surface area contributed by atoms with E-state index in [-0.39, 0.29) is 0 Å². The van der Waals surface area contributed by atoms with Crippen molar-refractivity contribution in [2.45, 2.75) is 5.51 Å². The Hall–Kier alpha value is -1.74. The van der Waals surface area contributed by atoms with Gasteiger partial charge in [-0.3, -0.25) is 8.98 Å². The first-order valence-corrected chi connectivity index (χ1v) is 6.24. The number of carbonyl (C=O) groups excluding carboxylic acids is 2. The highest BCUT2D eigenvalue weighted by Gasteiger charge is 2.39. The van der Waals surface area contributed by atoms with Crippen LogP contribution < -0.4 is 0 Å². The van der Waals surface area contributed by atoms with Gasteiger partial charge in [-0.2, -0.15) is 13.2 Å². The molecular weight excluding hydrogens is 301 g/mol. The molecule has 0 heterocycles. The fourth-order valence-electron chi connectivity index (χ4n) is 1.06. The molecule has 0 aliphatic heterocycles. The highest BCUT2D eigenvalue weighted by Crippen LogP contribution is 2.20. The van der Waals surface area contributed by atoms with E-state index in [0.717, 1.165) is 0 Å². The van der Waals surface area contributed by atoms with Crippen LogP contribution in [0.5, 0.6) is 0 Å². The molecule has 0 bridgehead atoms. The van der Waals surface area contributed by atoms with E-state index in [1.165, 1.54) is 12.1 Å². The van der Waals surface area contributed by atoms with Crippen molar-refractivity contribution in [3.8, 4) is 0 Å². The van der Waals surface area contributed by atoms with E-state index in [1.807, 2.05) is 0 Å². The van der Waals surface area contributed by atoms with E-state index in [9.17, 15) is 27.0 Å². The smallest absolute Gasteiger partial charge is 0.456 e. The normalized spacial score (nSPS) is 12.8. The highest BCUT2D eigenvalue weighted by molar-refractivity contribution is 7.81. The lowest BCUT2D eigenvalue weighted by Crippen LogP contribution is -2.24. The monoisotopic (exact) mass is 310 g/mol. The molecule has 1 atom stereocenters. The molecule has 0 aliphatic rings. The van der Waals surface area contributed by atoms with Gasteiger partial charge >= 0.3 is 11.5 Å². The number of rotatable bonds is 6. The first-order chi connectivity index (χ1) is 9.30. The highest BCUT2D eigenvalue weighted by atomic mass is 32.2. The summed E-state index contributed by atoms with van der Waals surface area (Å²) in [4.78, 5) is 22.5. The summed E-state index contributed by atoms with van der Waals surface area (Å²) >= 11 is -3.59. The minimum Gasteiger partial charge on any atom is -0.456 e. The van der Waals surface area contributed by atoms with Gasteiger partial charge in [0.2, 0.25) is 0 Å². The molecular formula is C11H9F3O5S. The first kappa shape index (κ1) is 16.3. The van der Waals surface area contributed by atoms with Crippen molar-refractivity contribution in [2.75, 3.05) is 13.2 Å². The van der Waals surface area contributed by atoms with E-state index in [1.54, 1.807) is 18.2 Å². The standard InChI is InChI=1S/C11H9F3O5S/c12-11(13,14)20(17)19-7-10(16)18-6-9(15)8-4-2-1-3-5-8/h1-5H,6-7H2. The second-order valence-corrected chi connectivity index (χ2v) is 4.56. The van der Waals surface area contributed by atoms with Crippen LogP contribution in [0.4, 0.5) is 13.2 Å². The number of hydrogen-bond donors (Lipinski definition) is 0. The molecule has 1 aromatic carbocycles. The Morgan fingerprint density at radius 2 is 1.70 bits per heavy atom. The summed E-state index contributed by atoms with van der Waals surface area (Å²) in [7, 11) is 0. The summed E-state index contributed by atoms with van der Waals surface area (Å²) in [5.74, 6) is -1.73. The summed E-state index contributed by atoms with van der Waals surface area (Å²) < 4.78 is 54.0. The Morgan fingerprint density at radius 3 is 2.25 bits per heavy atom. The third kappa shape index (κ3) is 5.49. The van der Waals surface area contributed by atoms with Gasteiger partial charge in [0.25, 0.3) is 11.1 Å². The van der Waals surface area contributed by atoms with Crippen molar-refractivity contribution in [3.63, 3.8) is 0 Å². The van der Waals surface area contributed by atoms with Gasteiger partial charge in [0.15, 0.2) is 19.0 Å². The Bertz CT molecular complexity index is 501. The van der Waals surface area contributed by atoms with Gasteiger partial charge in [0.1, 0.15) is 0 Å². The molecule has 0 radical (unpaired) electrons. The SMILES string of the molecule is O=C(COS(=O)C(F)(F)F)OCC(=O)c1ccccc1. The van der Waals surface area contributed by atoms with Crippen molar-refractivity contribution in [1.82, 2.24) is 0 Å². The second-order valence-electron chi connectivity index (χ2n) is 3.39. The van der Waals surface area contributed by atoms with E-state index in [0.29, 0.717) is 5.56 Å². The summed E-state index contributed by atoms with van der Waals surface area (Å²) in [6, 6.07) is 7.87. The maximum atomic E-state index is 11.8. The quantitative estimate of drug-likeness (QED) is 0.590. The first-order valence-electron chi connectivity index (χ1n) is 5.16. The van der Waals surface area contributed by atoms with E-state index in [2.05, 4.69) is 8.92 Å². The molecule has 0 amide bonds. The summed E-state index contributed by atoms with van der Waals surface area (Å²) in [6.07, 6.45) is 0. The van der Waals surface area contributed by atoms with Crippen LogP contribution in [-0.4, -0.2) is 34.7 Å². The van der Waals surface area contributed by atoms with Gasteiger partial charge < -0.3 is 4.74 Å². The molecule has 0 saturated carbocycles. The molecule has 0 aromatic heterocycles. The van der Waals surface area contributed by atoms with Crippen molar-refractivity contribution in [1.29, 1.82) is 0 Å². The molecule has 9 heteroatoms. The fraction of sp³-hybridized carbons (Fsp3) is 0.273. The molecule has 5 nitrogen and oxygen atoms in total. The van der Waals surface area contributed by atoms with Crippen LogP contribution >= 0.6 is 0 Å². The Balaban J connectivity index is 2.34. The average Bonchev–Trinajstić information content (AvgIpc) is 2.41. The topological polar surface area (TPSA) is 69.7 Å². The minimum absolute atomic E-state index is 0.292. The Kier molecular flexibility index (Phi) is 5.83. The molecule has 1 rings (SSSR count). The largest absolute Gasteiger partial charge is 0.497 e. The van der Waals surface area contributed by atoms with Gasteiger partial charge in [-0.25, -0.2) is 9.00 Å². The van der Waals surface area contributed by atoms with E-state index in [4.69, 9.17) is 0 Å². The number of Topliss-reactive ketones (excluding diaryl/α,β-unsaturated/α-hetero) is 1. The average molecular weight is 310 g/mol. The third-order valence-corrected chi connectivity index (χ3v) is 2.64. The molecule has 0 spiro atoms. The number of benzene rings is 1. The van der Waals surface area contributed by atoms with Crippen LogP contribution in [0.15, 0.2) is 30.3 Å². The molecule has 0 N–H and O–H groups in total. The van der Waals surface area contributed by atoms with Gasteiger partial charge in [-0.15, -0.1) is 0 Å². The molecule has 0 saturated heterocycles. The lowest BCUT2D eigenvalue weighted by molar-refractivity contribution is -0.144. The van der Waals surface area contributed by atoms with Gasteiger partial charge in [0.05, 0.1) is 0 Å². The van der Waals surface area contributed by atoms with Gasteiger partial charge in [0, 0.05) is 5.56 Å². The number of ketones is 1. The molecule has 0 fully saturated rings. The maximum absolute atomic E-state index is 11.8. The number of hydrogen-bond acceptors (Lipinski definition) is 5. The second kappa shape index (κ2) is 7.15. The zero-order valence-corrected chi connectivity index (χ0v) is 10.7. The summed E-state index contributed by atoms with van der Waals surface area (Å²) in [6.45, 7) is -1.79. The molecule has 1 aromatic rings. The van der Waals surface area contributed by atoms with Crippen LogP contribution in [0.2, 0.25) is 0 Å². The van der Waals surface area contributed by atoms with Crippen molar-refractivity contribution in [3.05, 3.63) is 35.9 Å².